The second-order valence-corrected chi connectivity index (χ2v) is 9.27. The minimum atomic E-state index is -3.69. The van der Waals surface area contributed by atoms with Crippen LogP contribution in [-0.4, -0.2) is 62.3 Å². The number of sulfonamides is 1. The third-order valence-electron chi connectivity index (χ3n) is 5.42. The zero-order chi connectivity index (χ0) is 18.7. The average Bonchev–Trinajstić information content (AvgIpc) is 2.97. The summed E-state index contributed by atoms with van der Waals surface area (Å²) in [6.07, 6.45) is 4.84. The lowest BCUT2D eigenvalue weighted by Gasteiger charge is -2.25. The Bertz CT molecular complexity index is 756. The first-order chi connectivity index (χ1) is 12.4. The van der Waals surface area contributed by atoms with Gasteiger partial charge in [-0.1, -0.05) is 25.5 Å². The summed E-state index contributed by atoms with van der Waals surface area (Å²) in [5.41, 5.74) is 0.272. The van der Waals surface area contributed by atoms with Gasteiger partial charge in [0.2, 0.25) is 10.0 Å². The van der Waals surface area contributed by atoms with Gasteiger partial charge in [0.25, 0.3) is 5.91 Å². The number of benzene rings is 1. The molecule has 2 unspecified atom stereocenters. The number of nitrogens with one attached hydrogen (secondary N) is 1. The minimum Gasteiger partial charge on any atom is -0.342 e. The molecule has 2 atom stereocenters. The van der Waals surface area contributed by atoms with Gasteiger partial charge in [0.05, 0.1) is 10.5 Å². The quantitative estimate of drug-likeness (QED) is 0.774. The molecule has 152 valence electrons. The predicted octanol–water partition coefficient (Wildman–Crippen LogP) is 2.50. The number of carbonyl (C=O) groups is 1. The van der Waals surface area contributed by atoms with E-state index < -0.39 is 10.0 Å². The normalized spacial score (nSPS) is 22.7. The van der Waals surface area contributed by atoms with Gasteiger partial charge in [-0.3, -0.25) is 4.79 Å². The van der Waals surface area contributed by atoms with Gasteiger partial charge < -0.3 is 10.2 Å². The molecule has 2 aliphatic rings. The molecular formula is C19H30ClN3O3S. The largest absolute Gasteiger partial charge is 0.342 e. The molecule has 0 aromatic heterocycles. The number of fused-ring (bicyclic) bond motifs is 2. The van der Waals surface area contributed by atoms with Gasteiger partial charge >= 0.3 is 0 Å². The summed E-state index contributed by atoms with van der Waals surface area (Å²) in [7, 11) is -1.96. The molecule has 1 amide bonds. The summed E-state index contributed by atoms with van der Waals surface area (Å²) >= 11 is 0. The van der Waals surface area contributed by atoms with Crippen molar-refractivity contribution in [3.05, 3.63) is 29.8 Å². The smallest absolute Gasteiger partial charge is 0.254 e. The molecule has 0 aliphatic carbocycles. The fraction of sp³-hybridized carbons (Fsp3) is 0.632. The molecule has 2 fully saturated rings. The maximum atomic E-state index is 13.3. The number of halogens is 1. The summed E-state index contributed by atoms with van der Waals surface area (Å²) < 4.78 is 28.2. The van der Waals surface area contributed by atoms with Crippen LogP contribution in [-0.2, 0) is 10.0 Å². The molecule has 0 radical (unpaired) electrons. The second kappa shape index (κ2) is 9.37. The maximum absolute atomic E-state index is 13.3. The van der Waals surface area contributed by atoms with Gasteiger partial charge in [-0.05, 0) is 37.8 Å². The molecular weight excluding hydrogens is 386 g/mol. The number of hydrogen-bond acceptors (Lipinski definition) is 4. The molecule has 0 spiro atoms. The zero-order valence-electron chi connectivity index (χ0n) is 16.1. The molecule has 2 heterocycles. The molecule has 0 saturated carbocycles. The molecule has 6 nitrogen and oxygen atoms in total. The van der Waals surface area contributed by atoms with Gasteiger partial charge in [0.15, 0.2) is 0 Å². The lowest BCUT2D eigenvalue weighted by Crippen LogP contribution is -2.40. The number of amides is 1. The molecule has 1 aromatic carbocycles. The zero-order valence-corrected chi connectivity index (χ0v) is 17.7. The first-order valence-electron chi connectivity index (χ1n) is 9.54. The van der Waals surface area contributed by atoms with Crippen molar-refractivity contribution in [3.63, 3.8) is 0 Å². The van der Waals surface area contributed by atoms with Crippen LogP contribution in [0.25, 0.3) is 0 Å². The van der Waals surface area contributed by atoms with Crippen LogP contribution in [0.15, 0.2) is 29.2 Å². The van der Waals surface area contributed by atoms with Crippen molar-refractivity contribution in [2.45, 2.75) is 56.0 Å². The highest BCUT2D eigenvalue weighted by atomic mass is 35.5. The lowest BCUT2D eigenvalue weighted by molar-refractivity contribution is 0.0789. The summed E-state index contributed by atoms with van der Waals surface area (Å²) in [5, 5.41) is 3.50. The first kappa shape index (κ1) is 22.1. The third kappa shape index (κ3) is 4.83. The molecule has 1 aromatic rings. The van der Waals surface area contributed by atoms with Gasteiger partial charge in [-0.25, -0.2) is 8.42 Å². The van der Waals surface area contributed by atoms with E-state index in [9.17, 15) is 13.2 Å². The van der Waals surface area contributed by atoms with Gasteiger partial charge in [0, 0.05) is 38.8 Å². The second-order valence-electron chi connectivity index (χ2n) is 7.37. The average molecular weight is 416 g/mol. The van der Waals surface area contributed by atoms with E-state index >= 15 is 0 Å². The number of carbonyl (C=O) groups excluding carboxylic acids is 1. The standard InChI is InChI=1S/C19H29N3O3S.ClH/c1-3-4-12-21(2)19(23)17-7-5-6-8-18(17)26(24,25)22-13-11-15-9-10-16(14-22)20-15;/h5-8,15-16,20H,3-4,9-14H2,1-2H3;1H. The number of unbranched alkanes of at least 4 members (excludes halogenated alkanes) is 1. The van der Waals surface area contributed by atoms with Crippen LogP contribution in [0.2, 0.25) is 0 Å². The monoisotopic (exact) mass is 415 g/mol. The van der Waals surface area contributed by atoms with E-state index in [2.05, 4.69) is 12.2 Å². The van der Waals surface area contributed by atoms with Gasteiger partial charge in [-0.15, -0.1) is 12.4 Å². The highest BCUT2D eigenvalue weighted by molar-refractivity contribution is 7.89. The van der Waals surface area contributed by atoms with E-state index in [-0.39, 0.29) is 34.8 Å². The molecule has 3 rings (SSSR count). The summed E-state index contributed by atoms with van der Waals surface area (Å²) in [4.78, 5) is 14.6. The highest BCUT2D eigenvalue weighted by Crippen LogP contribution is 2.27. The molecule has 2 saturated heterocycles. The van der Waals surface area contributed by atoms with E-state index in [0.29, 0.717) is 25.7 Å². The van der Waals surface area contributed by atoms with Crippen LogP contribution in [0.5, 0.6) is 0 Å². The van der Waals surface area contributed by atoms with E-state index in [1.807, 2.05) is 0 Å². The highest BCUT2D eigenvalue weighted by Gasteiger charge is 2.36. The molecule has 2 bridgehead atoms. The Balaban J connectivity index is 0.00000261. The van der Waals surface area contributed by atoms with E-state index in [4.69, 9.17) is 0 Å². The van der Waals surface area contributed by atoms with Crippen LogP contribution in [0, 0.1) is 0 Å². The molecule has 1 N–H and O–H groups in total. The minimum absolute atomic E-state index is 0. The van der Waals surface area contributed by atoms with Crippen LogP contribution in [0.1, 0.15) is 49.4 Å². The number of rotatable bonds is 6. The predicted molar refractivity (Wildman–Crippen MR) is 109 cm³/mol. The van der Waals surface area contributed by atoms with Crippen molar-refractivity contribution >= 4 is 28.3 Å². The summed E-state index contributed by atoms with van der Waals surface area (Å²) in [6.45, 7) is 3.68. The maximum Gasteiger partial charge on any atom is 0.254 e. The van der Waals surface area contributed by atoms with Crippen molar-refractivity contribution in [3.8, 4) is 0 Å². The van der Waals surface area contributed by atoms with Crippen LogP contribution in [0.4, 0.5) is 0 Å². The lowest BCUT2D eigenvalue weighted by atomic mass is 10.1. The summed E-state index contributed by atoms with van der Waals surface area (Å²) in [6, 6.07) is 7.24. The Morgan fingerprint density at radius 1 is 1.22 bits per heavy atom. The van der Waals surface area contributed by atoms with Crippen molar-refractivity contribution in [2.75, 3.05) is 26.7 Å². The van der Waals surface area contributed by atoms with Crippen molar-refractivity contribution in [2.24, 2.45) is 0 Å². The van der Waals surface area contributed by atoms with Crippen LogP contribution in [0.3, 0.4) is 0 Å². The Labute approximate surface area is 168 Å². The number of hydrogen-bond donors (Lipinski definition) is 1. The van der Waals surface area contributed by atoms with Crippen molar-refractivity contribution < 1.29 is 13.2 Å². The Morgan fingerprint density at radius 2 is 1.93 bits per heavy atom. The fourth-order valence-corrected chi connectivity index (χ4v) is 5.52. The van der Waals surface area contributed by atoms with Crippen molar-refractivity contribution in [1.82, 2.24) is 14.5 Å². The van der Waals surface area contributed by atoms with E-state index in [1.54, 1.807) is 40.5 Å². The summed E-state index contributed by atoms with van der Waals surface area (Å²) in [5.74, 6) is -0.230. The first-order valence-corrected chi connectivity index (χ1v) is 11.0. The third-order valence-corrected chi connectivity index (χ3v) is 7.34. The number of nitrogens with zero attached hydrogens (tertiary/aromatic N) is 2. The van der Waals surface area contributed by atoms with Gasteiger partial charge in [-0.2, -0.15) is 4.31 Å². The topological polar surface area (TPSA) is 69.7 Å². The van der Waals surface area contributed by atoms with Crippen molar-refractivity contribution in [1.29, 1.82) is 0 Å². The Hall–Kier alpha value is -1.15. The Morgan fingerprint density at radius 3 is 2.67 bits per heavy atom. The molecule has 2 aliphatic heterocycles. The van der Waals surface area contributed by atoms with E-state index in [0.717, 1.165) is 32.1 Å². The van der Waals surface area contributed by atoms with E-state index in [1.165, 1.54) is 0 Å². The molecule has 27 heavy (non-hydrogen) atoms. The SMILES string of the molecule is CCCCN(C)C(=O)c1ccccc1S(=O)(=O)N1CCC2CCC(C1)N2.Cl. The molecule has 8 heteroatoms. The van der Waals surface area contributed by atoms with Crippen LogP contribution >= 0.6 is 12.4 Å². The van der Waals surface area contributed by atoms with Crippen LogP contribution < -0.4 is 5.32 Å². The fourth-order valence-electron chi connectivity index (χ4n) is 3.84. The Kier molecular flexibility index (Phi) is 7.68. The van der Waals surface area contributed by atoms with Gasteiger partial charge in [0.1, 0.15) is 0 Å².